The Morgan fingerprint density at radius 2 is 1.58 bits per heavy atom. The van der Waals surface area contributed by atoms with Crippen molar-refractivity contribution in [2.45, 2.75) is 65.5 Å². The molecular formula is C27H39N3O6. The van der Waals surface area contributed by atoms with E-state index in [1.54, 1.807) is 36.4 Å². The summed E-state index contributed by atoms with van der Waals surface area (Å²) in [5.41, 5.74) is 2.89. The number of carbonyl (C=O) groups excluding carboxylic acids is 2. The molecular weight excluding hydrogens is 462 g/mol. The molecule has 5 N–H and O–H groups in total. The van der Waals surface area contributed by atoms with Gasteiger partial charge in [-0.05, 0) is 44.2 Å². The lowest BCUT2D eigenvalue weighted by Crippen LogP contribution is -2.57. The zero-order valence-corrected chi connectivity index (χ0v) is 21.5. The number of benzene rings is 1. The first-order valence-electron chi connectivity index (χ1n) is 11.9. The molecule has 9 nitrogen and oxygen atoms in total. The van der Waals surface area contributed by atoms with Gasteiger partial charge in [-0.25, -0.2) is 14.4 Å². The molecule has 2 atom stereocenters. The third-order valence-electron chi connectivity index (χ3n) is 4.75. The summed E-state index contributed by atoms with van der Waals surface area (Å²) in [7, 11) is 0. The molecule has 0 bridgehead atoms. The standard InChI is InChI=1S/C25H33N3O6.C2H6/c1-4-18(14-13-17(2)3)10-8-9-15-26-25(34)28-21(24(32)33)22(29)27-20(23(30)31)16-19-11-6-5-7-12-19;1-2/h4-7,11-14,20-21H,1,8-10,15-16H2,2-3H3,(H,27,29)(H,30,31)(H,32,33)(H2,26,28,34);1-2H3/b18-14+;. The van der Waals surface area contributed by atoms with Crippen molar-refractivity contribution >= 4 is 23.9 Å². The number of carboxylic acid groups (broad SMARTS) is 2. The van der Waals surface area contributed by atoms with Gasteiger partial charge in [0.2, 0.25) is 6.04 Å². The summed E-state index contributed by atoms with van der Waals surface area (Å²) >= 11 is 0. The summed E-state index contributed by atoms with van der Waals surface area (Å²) in [6.07, 6.45) is 7.91. The highest BCUT2D eigenvalue weighted by atomic mass is 16.4. The second kappa shape index (κ2) is 18.4. The lowest BCUT2D eigenvalue weighted by molar-refractivity contribution is -0.147. The van der Waals surface area contributed by atoms with Crippen LogP contribution in [0.5, 0.6) is 0 Å². The zero-order valence-electron chi connectivity index (χ0n) is 21.5. The first kappa shape index (κ1) is 32.1. The molecule has 36 heavy (non-hydrogen) atoms. The van der Waals surface area contributed by atoms with Crippen LogP contribution in [0.1, 0.15) is 52.5 Å². The molecule has 3 amide bonds. The minimum absolute atomic E-state index is 0.0325. The van der Waals surface area contributed by atoms with Crippen LogP contribution in [0.4, 0.5) is 4.79 Å². The molecule has 1 aromatic rings. The number of hydrogen-bond donors (Lipinski definition) is 5. The van der Waals surface area contributed by atoms with Crippen LogP contribution in [-0.4, -0.2) is 52.7 Å². The van der Waals surface area contributed by atoms with E-state index in [-0.39, 0.29) is 13.0 Å². The van der Waals surface area contributed by atoms with Crippen LogP contribution in [-0.2, 0) is 20.8 Å². The van der Waals surface area contributed by atoms with Gasteiger partial charge in [0.1, 0.15) is 6.04 Å². The second-order valence-electron chi connectivity index (χ2n) is 7.91. The quantitative estimate of drug-likeness (QED) is 0.149. The predicted octanol–water partition coefficient (Wildman–Crippen LogP) is 3.83. The van der Waals surface area contributed by atoms with Crippen LogP contribution < -0.4 is 16.0 Å². The maximum absolute atomic E-state index is 12.4. The third kappa shape index (κ3) is 13.7. The summed E-state index contributed by atoms with van der Waals surface area (Å²) in [5, 5.41) is 25.5. The maximum Gasteiger partial charge on any atom is 0.336 e. The number of urea groups is 1. The Hall–Kier alpha value is -3.88. The predicted molar refractivity (Wildman–Crippen MR) is 141 cm³/mol. The van der Waals surface area contributed by atoms with Crippen molar-refractivity contribution in [3.8, 4) is 0 Å². The molecule has 0 aliphatic carbocycles. The molecule has 9 heteroatoms. The summed E-state index contributed by atoms with van der Waals surface area (Å²) in [6, 6.07) is 4.48. The van der Waals surface area contributed by atoms with Crippen molar-refractivity contribution in [1.82, 2.24) is 16.0 Å². The first-order chi connectivity index (χ1) is 17.1. The first-order valence-corrected chi connectivity index (χ1v) is 11.9. The fraction of sp³-hybridized carbons (Fsp3) is 0.407. The van der Waals surface area contributed by atoms with E-state index in [0.717, 1.165) is 18.4 Å². The molecule has 0 aromatic heterocycles. The molecule has 0 radical (unpaired) electrons. The number of rotatable bonds is 14. The van der Waals surface area contributed by atoms with E-state index in [9.17, 15) is 29.4 Å². The van der Waals surface area contributed by atoms with E-state index in [1.807, 2.05) is 39.8 Å². The number of carboxylic acids is 2. The number of nitrogens with one attached hydrogen (secondary N) is 3. The van der Waals surface area contributed by atoms with Gasteiger partial charge in [-0.2, -0.15) is 0 Å². The smallest absolute Gasteiger partial charge is 0.336 e. The van der Waals surface area contributed by atoms with Gasteiger partial charge in [0, 0.05) is 13.0 Å². The van der Waals surface area contributed by atoms with Gasteiger partial charge in [0.25, 0.3) is 5.91 Å². The number of amides is 3. The molecule has 0 saturated heterocycles. The molecule has 0 aliphatic rings. The van der Waals surface area contributed by atoms with Gasteiger partial charge < -0.3 is 26.2 Å². The summed E-state index contributed by atoms with van der Waals surface area (Å²) < 4.78 is 0. The van der Waals surface area contributed by atoms with Gasteiger partial charge in [-0.3, -0.25) is 4.79 Å². The minimum Gasteiger partial charge on any atom is -0.480 e. The number of carbonyl (C=O) groups is 4. The molecule has 0 heterocycles. The van der Waals surface area contributed by atoms with E-state index in [2.05, 4.69) is 22.5 Å². The Balaban J connectivity index is 0.00000596. The summed E-state index contributed by atoms with van der Waals surface area (Å²) in [6.45, 7) is 12.0. The largest absolute Gasteiger partial charge is 0.480 e. The maximum atomic E-state index is 12.4. The van der Waals surface area contributed by atoms with Crippen LogP contribution in [0.3, 0.4) is 0 Å². The fourth-order valence-electron chi connectivity index (χ4n) is 2.91. The van der Waals surface area contributed by atoms with E-state index in [0.29, 0.717) is 12.0 Å². The third-order valence-corrected chi connectivity index (χ3v) is 4.75. The normalized spacial score (nSPS) is 12.1. The molecule has 1 aromatic carbocycles. The minimum atomic E-state index is -1.93. The number of hydrogen-bond acceptors (Lipinski definition) is 4. The molecule has 0 fully saturated rings. The van der Waals surface area contributed by atoms with Crippen molar-refractivity contribution < 1.29 is 29.4 Å². The van der Waals surface area contributed by atoms with Crippen LogP contribution in [0.15, 0.2) is 66.3 Å². The molecule has 0 aliphatic heterocycles. The Morgan fingerprint density at radius 1 is 0.944 bits per heavy atom. The lowest BCUT2D eigenvalue weighted by Gasteiger charge is -2.19. The molecule has 0 spiro atoms. The van der Waals surface area contributed by atoms with Crippen LogP contribution in [0.2, 0.25) is 0 Å². The topological polar surface area (TPSA) is 145 Å². The Morgan fingerprint density at radius 3 is 2.11 bits per heavy atom. The highest BCUT2D eigenvalue weighted by Gasteiger charge is 2.31. The fourth-order valence-corrected chi connectivity index (χ4v) is 2.91. The van der Waals surface area contributed by atoms with Crippen molar-refractivity contribution in [2.75, 3.05) is 6.54 Å². The zero-order chi connectivity index (χ0) is 27.5. The highest BCUT2D eigenvalue weighted by molar-refractivity contribution is 6.04. The van der Waals surface area contributed by atoms with E-state index in [4.69, 9.17) is 0 Å². The van der Waals surface area contributed by atoms with Gasteiger partial charge in [0.05, 0.1) is 0 Å². The van der Waals surface area contributed by atoms with Crippen molar-refractivity contribution in [3.05, 3.63) is 71.8 Å². The highest BCUT2D eigenvalue weighted by Crippen LogP contribution is 2.09. The van der Waals surface area contributed by atoms with Crippen molar-refractivity contribution in [1.29, 1.82) is 0 Å². The Bertz CT molecular complexity index is 921. The van der Waals surface area contributed by atoms with Crippen LogP contribution in [0.25, 0.3) is 0 Å². The van der Waals surface area contributed by atoms with E-state index >= 15 is 0 Å². The number of aliphatic carboxylic acids is 2. The monoisotopic (exact) mass is 501 g/mol. The second-order valence-corrected chi connectivity index (χ2v) is 7.91. The Labute approximate surface area is 213 Å². The number of allylic oxidation sites excluding steroid dienone is 5. The summed E-state index contributed by atoms with van der Waals surface area (Å²) in [5.74, 6) is -4.04. The molecule has 198 valence electrons. The molecule has 1 rings (SSSR count). The van der Waals surface area contributed by atoms with Gasteiger partial charge in [-0.15, -0.1) is 0 Å². The van der Waals surface area contributed by atoms with Crippen molar-refractivity contribution in [2.24, 2.45) is 0 Å². The van der Waals surface area contributed by atoms with E-state index < -0.39 is 36.0 Å². The average Bonchev–Trinajstić information content (AvgIpc) is 2.85. The summed E-state index contributed by atoms with van der Waals surface area (Å²) in [4.78, 5) is 47.5. The Kier molecular flexibility index (Phi) is 16.5. The average molecular weight is 502 g/mol. The van der Waals surface area contributed by atoms with Crippen LogP contribution >= 0.6 is 0 Å². The lowest BCUT2D eigenvalue weighted by atomic mass is 10.1. The molecule has 0 saturated carbocycles. The van der Waals surface area contributed by atoms with Gasteiger partial charge in [0.15, 0.2) is 0 Å². The number of unbranched alkanes of at least 4 members (excludes halogenated alkanes) is 1. The SMILES string of the molecule is C=C/C(=C\C=C(C)C)CCCCNC(=O)NC(C(=O)O)C(=O)NC(Cc1ccccc1)C(=O)O.CC. The van der Waals surface area contributed by atoms with Gasteiger partial charge in [-0.1, -0.05) is 74.6 Å². The van der Waals surface area contributed by atoms with Gasteiger partial charge >= 0.3 is 18.0 Å². The van der Waals surface area contributed by atoms with Crippen LogP contribution in [0, 0.1) is 0 Å². The molecule has 2 unspecified atom stereocenters. The van der Waals surface area contributed by atoms with Crippen molar-refractivity contribution in [3.63, 3.8) is 0 Å². The van der Waals surface area contributed by atoms with E-state index in [1.165, 1.54) is 5.57 Å².